The van der Waals surface area contributed by atoms with Crippen LogP contribution >= 0.6 is 0 Å². The Labute approximate surface area is 166 Å². The van der Waals surface area contributed by atoms with Gasteiger partial charge in [-0.25, -0.2) is 4.98 Å². The van der Waals surface area contributed by atoms with Gasteiger partial charge < -0.3 is 9.42 Å². The number of benzene rings is 1. The zero-order valence-electron chi connectivity index (χ0n) is 17.0. The summed E-state index contributed by atoms with van der Waals surface area (Å²) in [5.41, 5.74) is 5.45. The SMILES string of the molecule is Cc1cc(N2CCCC(c3nc(C(C)C)no3)C2)nc2cc3c(cc12)CCC3. The molecule has 0 spiro atoms. The fourth-order valence-electron chi connectivity index (χ4n) is 4.64. The van der Waals surface area contributed by atoms with Gasteiger partial charge in [-0.3, -0.25) is 0 Å². The topological polar surface area (TPSA) is 55.1 Å². The predicted octanol–water partition coefficient (Wildman–Crippen LogP) is 4.92. The van der Waals surface area contributed by atoms with Crippen molar-refractivity contribution in [2.75, 3.05) is 18.0 Å². The molecule has 2 aromatic heterocycles. The molecule has 0 bridgehead atoms. The summed E-state index contributed by atoms with van der Waals surface area (Å²) in [5, 5.41) is 5.46. The van der Waals surface area contributed by atoms with Crippen molar-refractivity contribution in [3.05, 3.63) is 46.6 Å². The lowest BCUT2D eigenvalue weighted by Gasteiger charge is -2.32. The summed E-state index contributed by atoms with van der Waals surface area (Å²) in [6.07, 6.45) is 5.89. The van der Waals surface area contributed by atoms with Crippen LogP contribution in [0.15, 0.2) is 22.7 Å². The van der Waals surface area contributed by atoms with Crippen molar-refractivity contribution in [1.82, 2.24) is 15.1 Å². The van der Waals surface area contributed by atoms with Crippen LogP contribution in [0.3, 0.4) is 0 Å². The summed E-state index contributed by atoms with van der Waals surface area (Å²) in [5.74, 6) is 3.25. The van der Waals surface area contributed by atoms with Crippen LogP contribution < -0.4 is 4.90 Å². The zero-order chi connectivity index (χ0) is 19.3. The molecule has 3 aromatic rings. The lowest BCUT2D eigenvalue weighted by atomic mass is 9.97. The highest BCUT2D eigenvalue weighted by Crippen LogP contribution is 2.33. The van der Waals surface area contributed by atoms with E-state index in [0.717, 1.165) is 49.0 Å². The first-order valence-electron chi connectivity index (χ1n) is 10.6. The van der Waals surface area contributed by atoms with Crippen molar-refractivity contribution in [2.45, 2.75) is 64.7 Å². The monoisotopic (exact) mass is 376 g/mol. The number of piperidine rings is 1. The summed E-state index contributed by atoms with van der Waals surface area (Å²) >= 11 is 0. The number of aryl methyl sites for hydroxylation is 3. The minimum absolute atomic E-state index is 0.284. The number of rotatable bonds is 3. The Morgan fingerprint density at radius 2 is 1.89 bits per heavy atom. The van der Waals surface area contributed by atoms with Crippen LogP contribution in [0.5, 0.6) is 0 Å². The van der Waals surface area contributed by atoms with Crippen molar-refractivity contribution in [1.29, 1.82) is 0 Å². The molecule has 2 aliphatic rings. The quantitative estimate of drug-likeness (QED) is 0.649. The molecular formula is C23H28N4O. The predicted molar refractivity (Wildman–Crippen MR) is 111 cm³/mol. The lowest BCUT2D eigenvalue weighted by Crippen LogP contribution is -2.35. The first kappa shape index (κ1) is 17.7. The molecule has 5 heteroatoms. The third kappa shape index (κ3) is 3.07. The average Bonchev–Trinajstić information content (AvgIpc) is 3.36. The van der Waals surface area contributed by atoms with Crippen LogP contribution in [0.2, 0.25) is 0 Å². The van der Waals surface area contributed by atoms with E-state index in [1.54, 1.807) is 0 Å². The molecule has 1 aliphatic heterocycles. The van der Waals surface area contributed by atoms with Gasteiger partial charge in [0.2, 0.25) is 5.89 Å². The van der Waals surface area contributed by atoms with E-state index < -0.39 is 0 Å². The molecule has 0 radical (unpaired) electrons. The van der Waals surface area contributed by atoms with E-state index in [1.165, 1.54) is 41.3 Å². The Morgan fingerprint density at radius 3 is 2.68 bits per heavy atom. The Balaban J connectivity index is 1.44. The van der Waals surface area contributed by atoms with Gasteiger partial charge in [0, 0.05) is 24.4 Å². The fraction of sp³-hybridized carbons (Fsp3) is 0.522. The molecule has 1 atom stereocenters. The van der Waals surface area contributed by atoms with Gasteiger partial charge in [-0.05, 0) is 73.9 Å². The first-order valence-corrected chi connectivity index (χ1v) is 10.6. The van der Waals surface area contributed by atoms with E-state index >= 15 is 0 Å². The number of anilines is 1. The Morgan fingerprint density at radius 1 is 1.07 bits per heavy atom. The van der Waals surface area contributed by atoms with Crippen LogP contribution in [-0.2, 0) is 12.8 Å². The number of fused-ring (bicyclic) bond motifs is 2. The molecule has 1 saturated heterocycles. The number of pyridine rings is 1. The number of hydrogen-bond donors (Lipinski definition) is 0. The van der Waals surface area contributed by atoms with Gasteiger partial charge in [-0.15, -0.1) is 0 Å². The van der Waals surface area contributed by atoms with Gasteiger partial charge in [-0.2, -0.15) is 4.98 Å². The smallest absolute Gasteiger partial charge is 0.231 e. The molecule has 0 N–H and O–H groups in total. The minimum atomic E-state index is 0.284. The van der Waals surface area contributed by atoms with Crippen LogP contribution in [0.4, 0.5) is 5.82 Å². The largest absolute Gasteiger partial charge is 0.356 e. The maximum Gasteiger partial charge on any atom is 0.231 e. The second-order valence-corrected chi connectivity index (χ2v) is 8.72. The number of nitrogens with zero attached hydrogens (tertiary/aromatic N) is 4. The maximum absolute atomic E-state index is 5.59. The zero-order valence-corrected chi connectivity index (χ0v) is 17.0. The molecule has 5 nitrogen and oxygen atoms in total. The van der Waals surface area contributed by atoms with Gasteiger partial charge >= 0.3 is 0 Å². The van der Waals surface area contributed by atoms with E-state index in [1.807, 2.05) is 0 Å². The minimum Gasteiger partial charge on any atom is -0.356 e. The summed E-state index contributed by atoms with van der Waals surface area (Å²) in [4.78, 5) is 12.1. The van der Waals surface area contributed by atoms with E-state index in [9.17, 15) is 0 Å². The summed E-state index contributed by atoms with van der Waals surface area (Å²) in [7, 11) is 0. The molecule has 1 aliphatic carbocycles. The summed E-state index contributed by atoms with van der Waals surface area (Å²) in [6.45, 7) is 8.33. The van der Waals surface area contributed by atoms with Crippen LogP contribution in [-0.4, -0.2) is 28.2 Å². The highest BCUT2D eigenvalue weighted by atomic mass is 16.5. The van der Waals surface area contributed by atoms with Crippen molar-refractivity contribution in [3.63, 3.8) is 0 Å². The molecule has 1 aromatic carbocycles. The van der Waals surface area contributed by atoms with E-state index in [2.05, 4.69) is 54.0 Å². The van der Waals surface area contributed by atoms with Crippen LogP contribution in [0, 0.1) is 6.92 Å². The highest BCUT2D eigenvalue weighted by Gasteiger charge is 2.27. The molecule has 28 heavy (non-hydrogen) atoms. The second-order valence-electron chi connectivity index (χ2n) is 8.72. The molecule has 5 rings (SSSR count). The average molecular weight is 377 g/mol. The van der Waals surface area contributed by atoms with Crippen molar-refractivity contribution in [2.24, 2.45) is 0 Å². The number of hydrogen-bond acceptors (Lipinski definition) is 5. The van der Waals surface area contributed by atoms with E-state index in [-0.39, 0.29) is 5.92 Å². The molecule has 1 fully saturated rings. The molecule has 3 heterocycles. The van der Waals surface area contributed by atoms with Crippen LogP contribution in [0.25, 0.3) is 10.9 Å². The number of aromatic nitrogens is 3. The Bertz CT molecular complexity index is 1020. The van der Waals surface area contributed by atoms with Crippen molar-refractivity contribution in [3.8, 4) is 0 Å². The molecule has 1 unspecified atom stereocenters. The highest BCUT2D eigenvalue weighted by molar-refractivity contribution is 5.85. The summed E-state index contributed by atoms with van der Waals surface area (Å²) < 4.78 is 5.59. The normalized spacial score (nSPS) is 19.6. The third-order valence-corrected chi connectivity index (χ3v) is 6.28. The third-order valence-electron chi connectivity index (χ3n) is 6.28. The van der Waals surface area contributed by atoms with Gasteiger partial charge in [0.15, 0.2) is 5.82 Å². The van der Waals surface area contributed by atoms with Gasteiger partial charge in [0.1, 0.15) is 5.82 Å². The van der Waals surface area contributed by atoms with Crippen molar-refractivity contribution >= 4 is 16.7 Å². The molecule has 146 valence electrons. The van der Waals surface area contributed by atoms with Gasteiger partial charge in [0.05, 0.1) is 11.4 Å². The van der Waals surface area contributed by atoms with E-state index in [0.29, 0.717) is 5.92 Å². The second kappa shape index (κ2) is 6.87. The van der Waals surface area contributed by atoms with Crippen LogP contribution in [0.1, 0.15) is 73.4 Å². The first-order chi connectivity index (χ1) is 13.6. The molecule has 0 amide bonds. The van der Waals surface area contributed by atoms with Gasteiger partial charge in [0.25, 0.3) is 0 Å². The lowest BCUT2D eigenvalue weighted by molar-refractivity contribution is 0.329. The Kier molecular flexibility index (Phi) is 4.33. The van der Waals surface area contributed by atoms with Gasteiger partial charge in [-0.1, -0.05) is 19.0 Å². The van der Waals surface area contributed by atoms with Crippen molar-refractivity contribution < 1.29 is 4.52 Å². The van der Waals surface area contributed by atoms with E-state index in [4.69, 9.17) is 9.51 Å². The molecule has 0 saturated carbocycles. The Hall–Kier alpha value is -2.43. The summed E-state index contributed by atoms with van der Waals surface area (Å²) in [6, 6.07) is 6.94. The fourth-order valence-corrected chi connectivity index (χ4v) is 4.64. The maximum atomic E-state index is 5.59. The molecular weight excluding hydrogens is 348 g/mol. The standard InChI is InChI=1S/C23H28N4O/c1-14(2)22-25-23(28-26-22)18-8-5-9-27(13-18)21-10-15(3)19-11-16-6-4-7-17(16)12-20(19)24-21/h10-12,14,18H,4-9,13H2,1-3H3.